The van der Waals surface area contributed by atoms with Crippen molar-refractivity contribution in [3.63, 3.8) is 0 Å². The first-order chi connectivity index (χ1) is 10.6. The molecule has 0 heterocycles. The molecule has 5 heteroatoms. The first-order valence-electron chi connectivity index (χ1n) is 6.95. The minimum Gasteiger partial charge on any atom is -0.372 e. The Bertz CT molecular complexity index is 703. The van der Waals surface area contributed by atoms with Crippen molar-refractivity contribution in [2.45, 2.75) is 20.8 Å². The Morgan fingerprint density at radius 2 is 1.77 bits per heavy atom. The van der Waals surface area contributed by atoms with Gasteiger partial charge in [0, 0.05) is 25.0 Å². The van der Waals surface area contributed by atoms with Crippen LogP contribution >= 0.6 is 0 Å². The fourth-order valence-corrected chi connectivity index (χ4v) is 2.00. The molecule has 5 nitrogen and oxygen atoms in total. The monoisotopic (exact) mass is 291 g/mol. The van der Waals surface area contributed by atoms with E-state index in [2.05, 4.69) is 23.7 Å². The number of aryl methyl sites for hydroxylation is 1. The molecule has 22 heavy (non-hydrogen) atoms. The smallest absolute Gasteiger partial charge is 0.148 e. The summed E-state index contributed by atoms with van der Waals surface area (Å²) in [5, 5.41) is 26.5. The van der Waals surface area contributed by atoms with E-state index in [1.165, 1.54) is 6.21 Å². The third-order valence-electron chi connectivity index (χ3n) is 3.26. The molecule has 0 atom stereocenters. The third-order valence-corrected chi connectivity index (χ3v) is 3.26. The van der Waals surface area contributed by atoms with Gasteiger partial charge in [0.2, 0.25) is 0 Å². The third kappa shape index (κ3) is 3.95. The standard InChI is InChI=1S/C17H17N5/c1-4-22(5-2)16-6-7-17(13(3)8-16)21-12-15(11-20)14(9-18)10-19/h6-8,12H,4-5H2,1-3H3. The van der Waals surface area contributed by atoms with E-state index in [-0.39, 0.29) is 11.1 Å². The molecule has 0 amide bonds. The van der Waals surface area contributed by atoms with Gasteiger partial charge in [-0.25, -0.2) is 0 Å². The highest BCUT2D eigenvalue weighted by Crippen LogP contribution is 2.24. The minimum atomic E-state index is -0.233. The maximum absolute atomic E-state index is 8.98. The Morgan fingerprint density at radius 3 is 2.23 bits per heavy atom. The van der Waals surface area contributed by atoms with E-state index >= 15 is 0 Å². The Hall–Kier alpha value is -3.10. The Kier molecular flexibility index (Phi) is 6.35. The molecule has 0 aliphatic rings. The van der Waals surface area contributed by atoms with Crippen LogP contribution in [0.4, 0.5) is 11.4 Å². The van der Waals surface area contributed by atoms with Crippen molar-refractivity contribution in [2.24, 2.45) is 4.99 Å². The maximum Gasteiger partial charge on any atom is 0.148 e. The first-order valence-corrected chi connectivity index (χ1v) is 6.95. The van der Waals surface area contributed by atoms with Crippen LogP contribution in [-0.4, -0.2) is 19.3 Å². The summed E-state index contributed by atoms with van der Waals surface area (Å²) < 4.78 is 0. The van der Waals surface area contributed by atoms with Gasteiger partial charge >= 0.3 is 0 Å². The van der Waals surface area contributed by atoms with Gasteiger partial charge in [-0.05, 0) is 44.5 Å². The normalized spacial score (nSPS) is 9.64. The van der Waals surface area contributed by atoms with E-state index in [0.717, 1.165) is 24.3 Å². The number of hydrogen-bond donors (Lipinski definition) is 0. The molecule has 0 bridgehead atoms. The van der Waals surface area contributed by atoms with E-state index in [1.807, 2.05) is 31.2 Å². The lowest BCUT2D eigenvalue weighted by Gasteiger charge is -2.21. The molecule has 1 aromatic carbocycles. The van der Waals surface area contributed by atoms with Gasteiger partial charge in [-0.2, -0.15) is 15.8 Å². The topological polar surface area (TPSA) is 87.0 Å². The number of nitrogens with zero attached hydrogens (tertiary/aromatic N) is 5. The van der Waals surface area contributed by atoms with Gasteiger partial charge < -0.3 is 4.90 Å². The molecule has 0 aromatic heterocycles. The molecule has 0 radical (unpaired) electrons. The number of benzene rings is 1. The van der Waals surface area contributed by atoms with E-state index in [1.54, 1.807) is 12.1 Å². The summed E-state index contributed by atoms with van der Waals surface area (Å²) in [5.74, 6) is 0. The lowest BCUT2D eigenvalue weighted by molar-refractivity contribution is 0.865. The number of aliphatic imine (C=N–C) groups is 1. The fraction of sp³-hybridized carbons (Fsp3) is 0.294. The quantitative estimate of drug-likeness (QED) is 0.614. The molecule has 0 saturated heterocycles. The van der Waals surface area contributed by atoms with Gasteiger partial charge in [0.1, 0.15) is 23.8 Å². The average Bonchev–Trinajstić information content (AvgIpc) is 2.54. The van der Waals surface area contributed by atoms with Crippen LogP contribution in [0.5, 0.6) is 0 Å². The van der Waals surface area contributed by atoms with E-state index in [4.69, 9.17) is 15.8 Å². The number of anilines is 1. The molecular formula is C17H17N5. The largest absolute Gasteiger partial charge is 0.372 e. The molecule has 0 aliphatic carbocycles. The molecule has 0 N–H and O–H groups in total. The van der Waals surface area contributed by atoms with Crippen LogP contribution in [0.3, 0.4) is 0 Å². The summed E-state index contributed by atoms with van der Waals surface area (Å²) in [4.78, 5) is 6.45. The molecule has 0 fully saturated rings. The van der Waals surface area contributed by atoms with Crippen LogP contribution in [0.1, 0.15) is 19.4 Å². The second kappa shape index (κ2) is 8.25. The summed E-state index contributed by atoms with van der Waals surface area (Å²) in [6.45, 7) is 7.98. The molecule has 0 aliphatic heterocycles. The van der Waals surface area contributed by atoms with Crippen molar-refractivity contribution < 1.29 is 0 Å². The number of allylic oxidation sites excluding steroid dienone is 2. The van der Waals surface area contributed by atoms with Gasteiger partial charge in [-0.3, -0.25) is 4.99 Å². The molecule has 0 spiro atoms. The zero-order valence-corrected chi connectivity index (χ0v) is 13.0. The summed E-state index contributed by atoms with van der Waals surface area (Å²) in [5.41, 5.74) is 2.53. The minimum absolute atomic E-state index is 0.0304. The van der Waals surface area contributed by atoms with E-state index in [9.17, 15) is 0 Å². The number of hydrogen-bond acceptors (Lipinski definition) is 5. The SMILES string of the molecule is CCN(CC)c1ccc(N=CC(C#N)=C(C#N)C#N)c(C)c1. The van der Waals surface area contributed by atoms with E-state index < -0.39 is 0 Å². The summed E-state index contributed by atoms with van der Waals surface area (Å²) in [6.07, 6.45) is 1.27. The van der Waals surface area contributed by atoms with Crippen molar-refractivity contribution in [3.8, 4) is 18.2 Å². The molecule has 1 rings (SSSR count). The van der Waals surface area contributed by atoms with Crippen LogP contribution in [0.2, 0.25) is 0 Å². The van der Waals surface area contributed by atoms with Crippen LogP contribution in [0, 0.1) is 40.9 Å². The highest BCUT2D eigenvalue weighted by atomic mass is 15.1. The van der Waals surface area contributed by atoms with Gasteiger partial charge in [-0.1, -0.05) is 0 Å². The van der Waals surface area contributed by atoms with Crippen molar-refractivity contribution in [3.05, 3.63) is 34.9 Å². The first kappa shape index (κ1) is 17.0. The Balaban J connectivity index is 3.14. The van der Waals surface area contributed by atoms with Crippen LogP contribution in [0.15, 0.2) is 34.3 Å². The summed E-state index contributed by atoms with van der Waals surface area (Å²) >= 11 is 0. The van der Waals surface area contributed by atoms with Gasteiger partial charge in [0.15, 0.2) is 0 Å². The molecule has 0 unspecified atom stereocenters. The predicted octanol–water partition coefficient (Wildman–Crippen LogP) is 3.41. The second-order valence-electron chi connectivity index (χ2n) is 4.53. The molecule has 110 valence electrons. The number of nitriles is 3. The van der Waals surface area contributed by atoms with Crippen molar-refractivity contribution in [1.29, 1.82) is 15.8 Å². The average molecular weight is 291 g/mol. The fourth-order valence-electron chi connectivity index (χ4n) is 2.00. The highest BCUT2D eigenvalue weighted by Gasteiger charge is 2.05. The zero-order valence-electron chi connectivity index (χ0n) is 13.0. The molecular weight excluding hydrogens is 274 g/mol. The predicted molar refractivity (Wildman–Crippen MR) is 86.8 cm³/mol. The van der Waals surface area contributed by atoms with Crippen LogP contribution in [0.25, 0.3) is 0 Å². The van der Waals surface area contributed by atoms with E-state index in [0.29, 0.717) is 5.69 Å². The Morgan fingerprint density at radius 1 is 1.14 bits per heavy atom. The molecule has 1 aromatic rings. The lowest BCUT2D eigenvalue weighted by Crippen LogP contribution is -2.21. The summed E-state index contributed by atoms with van der Waals surface area (Å²) in [6, 6.07) is 11.1. The summed E-state index contributed by atoms with van der Waals surface area (Å²) in [7, 11) is 0. The van der Waals surface area contributed by atoms with Crippen molar-refractivity contribution in [1.82, 2.24) is 0 Å². The van der Waals surface area contributed by atoms with Gasteiger partial charge in [0.25, 0.3) is 0 Å². The zero-order chi connectivity index (χ0) is 16.5. The van der Waals surface area contributed by atoms with Crippen LogP contribution in [-0.2, 0) is 0 Å². The van der Waals surface area contributed by atoms with Crippen LogP contribution < -0.4 is 4.90 Å². The lowest BCUT2D eigenvalue weighted by atomic mass is 10.1. The maximum atomic E-state index is 8.98. The van der Waals surface area contributed by atoms with Gasteiger partial charge in [-0.15, -0.1) is 0 Å². The van der Waals surface area contributed by atoms with Crippen molar-refractivity contribution in [2.75, 3.05) is 18.0 Å². The van der Waals surface area contributed by atoms with Crippen molar-refractivity contribution >= 4 is 17.6 Å². The highest BCUT2D eigenvalue weighted by molar-refractivity contribution is 5.89. The number of rotatable bonds is 5. The second-order valence-corrected chi connectivity index (χ2v) is 4.53. The molecule has 0 saturated carbocycles. The Labute approximate surface area is 131 Å². The van der Waals surface area contributed by atoms with Gasteiger partial charge in [0.05, 0.1) is 11.3 Å².